The molecule has 0 atom stereocenters. The summed E-state index contributed by atoms with van der Waals surface area (Å²) >= 11 is 8.28. The standard InChI is InChI=1S/C10H8ClIN4O/c11-8-3-6(10(13)15-17)1-2-9(8)16-5-7(12)4-14-16/h1-5,17H,(H2,13,15). The van der Waals surface area contributed by atoms with E-state index in [0.717, 1.165) is 9.26 Å². The summed E-state index contributed by atoms with van der Waals surface area (Å²) < 4.78 is 2.68. The fourth-order valence-electron chi connectivity index (χ4n) is 1.34. The minimum absolute atomic E-state index is 0.0218. The van der Waals surface area contributed by atoms with Gasteiger partial charge in [0.25, 0.3) is 0 Å². The van der Waals surface area contributed by atoms with Gasteiger partial charge in [-0.05, 0) is 40.8 Å². The highest BCUT2D eigenvalue weighted by atomic mass is 127. The summed E-state index contributed by atoms with van der Waals surface area (Å²) in [7, 11) is 0. The van der Waals surface area contributed by atoms with Gasteiger partial charge in [0.1, 0.15) is 0 Å². The van der Waals surface area contributed by atoms with Crippen LogP contribution in [-0.4, -0.2) is 20.8 Å². The lowest BCUT2D eigenvalue weighted by Crippen LogP contribution is -2.13. The van der Waals surface area contributed by atoms with E-state index >= 15 is 0 Å². The van der Waals surface area contributed by atoms with Crippen LogP contribution < -0.4 is 5.73 Å². The smallest absolute Gasteiger partial charge is 0.170 e. The molecule has 3 N–H and O–H groups in total. The second-order valence-electron chi connectivity index (χ2n) is 3.25. The Hall–Kier alpha value is -1.28. The Kier molecular flexibility index (Phi) is 3.53. The Morgan fingerprint density at radius 2 is 2.29 bits per heavy atom. The lowest BCUT2D eigenvalue weighted by Gasteiger charge is -2.06. The Balaban J connectivity index is 2.45. The van der Waals surface area contributed by atoms with Gasteiger partial charge in [-0.25, -0.2) is 4.68 Å². The number of benzene rings is 1. The van der Waals surface area contributed by atoms with E-state index in [9.17, 15) is 0 Å². The van der Waals surface area contributed by atoms with Gasteiger partial charge in [0.15, 0.2) is 5.84 Å². The first kappa shape index (κ1) is 12.2. The molecular weight excluding hydrogens is 354 g/mol. The van der Waals surface area contributed by atoms with Crippen LogP contribution in [-0.2, 0) is 0 Å². The summed E-state index contributed by atoms with van der Waals surface area (Å²) in [5.41, 5.74) is 6.77. The summed E-state index contributed by atoms with van der Waals surface area (Å²) in [5, 5.41) is 16.1. The lowest BCUT2D eigenvalue weighted by molar-refractivity contribution is 0.318. The van der Waals surface area contributed by atoms with Gasteiger partial charge in [0.05, 0.1) is 20.5 Å². The number of oxime groups is 1. The second-order valence-corrected chi connectivity index (χ2v) is 4.91. The highest BCUT2D eigenvalue weighted by Gasteiger charge is 2.07. The number of amidine groups is 1. The molecule has 1 aromatic carbocycles. The predicted molar refractivity (Wildman–Crippen MR) is 73.8 cm³/mol. The Morgan fingerprint density at radius 3 is 2.82 bits per heavy atom. The maximum Gasteiger partial charge on any atom is 0.170 e. The molecule has 0 amide bonds. The first-order chi connectivity index (χ1) is 8.11. The van der Waals surface area contributed by atoms with Crippen LogP contribution in [0, 0.1) is 3.57 Å². The number of hydrogen-bond donors (Lipinski definition) is 2. The molecule has 2 aromatic rings. The van der Waals surface area contributed by atoms with Gasteiger partial charge in [0, 0.05) is 11.8 Å². The van der Waals surface area contributed by atoms with Gasteiger partial charge in [-0.1, -0.05) is 16.8 Å². The van der Waals surface area contributed by atoms with Crippen LogP contribution in [0.25, 0.3) is 5.69 Å². The number of nitrogens with two attached hydrogens (primary N) is 1. The van der Waals surface area contributed by atoms with E-state index in [4.69, 9.17) is 22.5 Å². The fraction of sp³-hybridized carbons (Fsp3) is 0. The third-order valence-corrected chi connectivity index (χ3v) is 3.01. The van der Waals surface area contributed by atoms with E-state index < -0.39 is 0 Å². The summed E-state index contributed by atoms with van der Waals surface area (Å²) in [6, 6.07) is 5.10. The van der Waals surface area contributed by atoms with Crippen molar-refractivity contribution in [3.05, 3.63) is 44.7 Å². The highest BCUT2D eigenvalue weighted by molar-refractivity contribution is 14.1. The molecule has 0 aliphatic heterocycles. The van der Waals surface area contributed by atoms with E-state index in [1.165, 1.54) is 0 Å². The molecule has 88 valence electrons. The summed E-state index contributed by atoms with van der Waals surface area (Å²) in [6.45, 7) is 0. The third kappa shape index (κ3) is 2.52. The summed E-state index contributed by atoms with van der Waals surface area (Å²) in [5.74, 6) is 0.0218. The molecule has 0 spiro atoms. The van der Waals surface area contributed by atoms with Crippen molar-refractivity contribution in [3.63, 3.8) is 0 Å². The first-order valence-electron chi connectivity index (χ1n) is 4.60. The number of hydrogen-bond acceptors (Lipinski definition) is 3. The van der Waals surface area contributed by atoms with Crippen LogP contribution >= 0.6 is 34.2 Å². The molecule has 5 nitrogen and oxygen atoms in total. The molecule has 1 heterocycles. The van der Waals surface area contributed by atoms with Gasteiger partial charge >= 0.3 is 0 Å². The molecular formula is C10H8ClIN4O. The number of nitrogens with zero attached hydrogens (tertiary/aromatic N) is 3. The quantitative estimate of drug-likeness (QED) is 0.283. The van der Waals surface area contributed by atoms with Crippen LogP contribution in [0.2, 0.25) is 5.02 Å². The maximum atomic E-state index is 8.57. The summed E-state index contributed by atoms with van der Waals surface area (Å²) in [4.78, 5) is 0. The van der Waals surface area contributed by atoms with Gasteiger partial charge < -0.3 is 10.9 Å². The van der Waals surface area contributed by atoms with Gasteiger partial charge in [-0.3, -0.25) is 0 Å². The van der Waals surface area contributed by atoms with Crippen molar-refractivity contribution < 1.29 is 5.21 Å². The molecule has 0 aliphatic rings. The van der Waals surface area contributed by atoms with E-state index in [-0.39, 0.29) is 5.84 Å². The van der Waals surface area contributed by atoms with Gasteiger partial charge in [-0.2, -0.15) is 5.10 Å². The number of rotatable bonds is 2. The van der Waals surface area contributed by atoms with E-state index in [1.807, 2.05) is 6.20 Å². The topological polar surface area (TPSA) is 76.4 Å². The minimum Gasteiger partial charge on any atom is -0.409 e. The largest absolute Gasteiger partial charge is 0.409 e. The van der Waals surface area contributed by atoms with E-state index in [2.05, 4.69) is 32.8 Å². The van der Waals surface area contributed by atoms with Crippen LogP contribution in [0.3, 0.4) is 0 Å². The van der Waals surface area contributed by atoms with E-state index in [0.29, 0.717) is 10.6 Å². The highest BCUT2D eigenvalue weighted by Crippen LogP contribution is 2.22. The molecule has 17 heavy (non-hydrogen) atoms. The Bertz CT molecular complexity index is 581. The lowest BCUT2D eigenvalue weighted by atomic mass is 10.2. The van der Waals surface area contributed by atoms with Crippen LogP contribution in [0.15, 0.2) is 35.7 Å². The normalized spacial score (nSPS) is 11.8. The zero-order chi connectivity index (χ0) is 12.4. The van der Waals surface area contributed by atoms with Crippen LogP contribution in [0.1, 0.15) is 5.56 Å². The molecule has 0 saturated carbocycles. The zero-order valence-electron chi connectivity index (χ0n) is 8.51. The van der Waals surface area contributed by atoms with Crippen molar-refractivity contribution in [3.8, 4) is 5.69 Å². The van der Waals surface area contributed by atoms with Crippen molar-refractivity contribution >= 4 is 40.0 Å². The Morgan fingerprint density at radius 1 is 1.53 bits per heavy atom. The Labute approximate surface area is 116 Å². The van der Waals surface area contributed by atoms with Gasteiger partial charge in [0.2, 0.25) is 0 Å². The van der Waals surface area contributed by atoms with Gasteiger partial charge in [-0.15, -0.1) is 0 Å². The maximum absolute atomic E-state index is 8.57. The second kappa shape index (κ2) is 4.92. The number of halogens is 2. The molecule has 0 bridgehead atoms. The minimum atomic E-state index is 0.0218. The fourth-order valence-corrected chi connectivity index (χ4v) is 2.00. The monoisotopic (exact) mass is 362 g/mol. The molecule has 7 heteroatoms. The van der Waals surface area contributed by atoms with E-state index in [1.54, 1.807) is 29.1 Å². The predicted octanol–water partition coefficient (Wildman–Crippen LogP) is 2.22. The zero-order valence-corrected chi connectivity index (χ0v) is 11.4. The van der Waals surface area contributed by atoms with Crippen molar-refractivity contribution in [2.75, 3.05) is 0 Å². The van der Waals surface area contributed by atoms with Crippen molar-refractivity contribution in [2.45, 2.75) is 0 Å². The average Bonchev–Trinajstić information content (AvgIpc) is 2.74. The summed E-state index contributed by atoms with van der Waals surface area (Å²) in [6.07, 6.45) is 3.58. The molecule has 2 rings (SSSR count). The third-order valence-electron chi connectivity index (χ3n) is 2.15. The molecule has 0 aliphatic carbocycles. The molecule has 0 radical (unpaired) electrons. The van der Waals surface area contributed by atoms with Crippen molar-refractivity contribution in [1.29, 1.82) is 0 Å². The number of aromatic nitrogens is 2. The van der Waals surface area contributed by atoms with Crippen LogP contribution in [0.5, 0.6) is 0 Å². The molecule has 0 fully saturated rings. The van der Waals surface area contributed by atoms with Crippen molar-refractivity contribution in [2.24, 2.45) is 10.9 Å². The average molecular weight is 363 g/mol. The first-order valence-corrected chi connectivity index (χ1v) is 6.05. The van der Waals surface area contributed by atoms with Crippen molar-refractivity contribution in [1.82, 2.24) is 9.78 Å². The molecule has 1 aromatic heterocycles. The molecule has 0 saturated heterocycles. The SMILES string of the molecule is NC(=NO)c1ccc(-n2cc(I)cn2)c(Cl)c1. The molecule has 0 unspecified atom stereocenters. The van der Waals surface area contributed by atoms with Crippen LogP contribution in [0.4, 0.5) is 0 Å².